The quantitative estimate of drug-likeness (QED) is 0.596. The van der Waals surface area contributed by atoms with Crippen LogP contribution in [0.3, 0.4) is 0 Å². The Hall–Kier alpha value is -0.485. The van der Waals surface area contributed by atoms with Crippen molar-refractivity contribution in [2.45, 2.75) is 31.4 Å². The summed E-state index contributed by atoms with van der Waals surface area (Å²) in [5.74, 6) is 0. The van der Waals surface area contributed by atoms with Crippen molar-refractivity contribution in [3.8, 4) is 0 Å². The average molecular weight is 285 g/mol. The van der Waals surface area contributed by atoms with Crippen molar-refractivity contribution in [3.63, 3.8) is 0 Å². The van der Waals surface area contributed by atoms with E-state index in [4.69, 9.17) is 9.84 Å². The molecule has 1 aromatic carbocycles. The summed E-state index contributed by atoms with van der Waals surface area (Å²) in [7, 11) is 0. The van der Waals surface area contributed by atoms with Crippen LogP contribution in [0.5, 0.6) is 0 Å². The minimum absolute atomic E-state index is 0. The maximum Gasteiger partial charge on any atom is 1.00 e. The van der Waals surface area contributed by atoms with Crippen molar-refractivity contribution in [1.82, 2.24) is 5.32 Å². The average Bonchev–Trinajstić information content (AvgIpc) is 2.30. The van der Waals surface area contributed by atoms with Crippen LogP contribution < -0.4 is 34.9 Å². The molecule has 104 valence electrons. The molecule has 4 nitrogen and oxygen atoms in total. The fourth-order valence-electron chi connectivity index (χ4n) is 3.27. The number of carbonyl (C=O) groups is 1. The number of alkyl carbamates (subject to hydrolysis) is 1. The zero-order valence-corrected chi connectivity index (χ0v) is 13.2. The van der Waals surface area contributed by atoms with Gasteiger partial charge >= 0.3 is 35.7 Å². The van der Waals surface area contributed by atoms with Gasteiger partial charge in [-0.25, -0.2) is 4.79 Å². The summed E-state index contributed by atoms with van der Waals surface area (Å²) in [5, 5.41) is 12.1. The molecular formula is C14H21BNNaO3. The van der Waals surface area contributed by atoms with Gasteiger partial charge in [0, 0.05) is 17.6 Å². The van der Waals surface area contributed by atoms with E-state index in [9.17, 15) is 4.79 Å². The van der Waals surface area contributed by atoms with Gasteiger partial charge in [-0.3, -0.25) is 0 Å². The molecule has 1 aromatic rings. The van der Waals surface area contributed by atoms with Gasteiger partial charge in [-0.2, -0.15) is 0 Å². The summed E-state index contributed by atoms with van der Waals surface area (Å²) in [5.41, 5.74) is 1.00. The molecule has 0 spiro atoms. The summed E-state index contributed by atoms with van der Waals surface area (Å²) in [6.45, 7) is 0.531. The number of nitrogens with one attached hydrogen (secondary N) is 1. The van der Waals surface area contributed by atoms with E-state index in [0.29, 0.717) is 6.61 Å². The van der Waals surface area contributed by atoms with Gasteiger partial charge in [0.2, 0.25) is 0 Å². The van der Waals surface area contributed by atoms with E-state index in [1.54, 1.807) is 0 Å². The molecule has 2 bridgehead atoms. The minimum Gasteiger partial charge on any atom is -0.445 e. The molecule has 20 heavy (non-hydrogen) atoms. The molecule has 0 radical (unpaired) electrons. The van der Waals surface area contributed by atoms with Gasteiger partial charge in [0.1, 0.15) is 6.61 Å². The van der Waals surface area contributed by atoms with Crippen molar-refractivity contribution >= 4 is 14.5 Å². The SMILES string of the molecule is O=C(NC12CC(CO)(C1)C2)OCc1ccccc1.[BH4-].[Na+]. The molecule has 1 amide bonds. The monoisotopic (exact) mass is 285 g/mol. The Morgan fingerprint density at radius 1 is 1.25 bits per heavy atom. The number of carbonyl (C=O) groups excluding carboxylic acids is 1. The van der Waals surface area contributed by atoms with E-state index in [1.165, 1.54) is 0 Å². The van der Waals surface area contributed by atoms with Crippen LogP contribution in [0.25, 0.3) is 0 Å². The normalized spacial score (nSPS) is 28.9. The molecule has 3 saturated carbocycles. The van der Waals surface area contributed by atoms with Gasteiger partial charge in [-0.15, -0.1) is 0 Å². The van der Waals surface area contributed by atoms with Crippen LogP contribution in [0, 0.1) is 5.41 Å². The second kappa shape index (κ2) is 6.52. The van der Waals surface area contributed by atoms with Crippen molar-refractivity contribution in [2.24, 2.45) is 5.41 Å². The van der Waals surface area contributed by atoms with Crippen LogP contribution in [0.15, 0.2) is 30.3 Å². The first-order chi connectivity index (χ1) is 8.65. The van der Waals surface area contributed by atoms with Crippen molar-refractivity contribution < 1.29 is 44.2 Å². The maximum absolute atomic E-state index is 11.6. The number of aliphatic hydroxyl groups excluding tert-OH is 1. The van der Waals surface area contributed by atoms with E-state index in [0.717, 1.165) is 24.8 Å². The summed E-state index contributed by atoms with van der Waals surface area (Å²) >= 11 is 0. The number of hydrogen-bond donors (Lipinski definition) is 2. The Kier molecular flexibility index (Phi) is 5.73. The van der Waals surface area contributed by atoms with E-state index < -0.39 is 0 Å². The molecule has 3 aliphatic carbocycles. The predicted molar refractivity (Wildman–Crippen MR) is 77.2 cm³/mol. The summed E-state index contributed by atoms with van der Waals surface area (Å²) in [6.07, 6.45) is 2.30. The van der Waals surface area contributed by atoms with Crippen LogP contribution in [0.1, 0.15) is 24.8 Å². The number of amides is 1. The first-order valence-corrected chi connectivity index (χ1v) is 6.25. The van der Waals surface area contributed by atoms with Crippen LogP contribution in [0.4, 0.5) is 4.79 Å². The van der Waals surface area contributed by atoms with Crippen molar-refractivity contribution in [3.05, 3.63) is 35.9 Å². The van der Waals surface area contributed by atoms with Crippen LogP contribution in [-0.2, 0) is 11.3 Å². The number of aliphatic hydroxyl groups is 1. The standard InChI is InChI=1S/C14H17NO3.BH4.Na/c16-10-13-7-14(8-13,9-13)15-12(17)18-6-11-4-2-1-3-5-11;;/h1-5,16H,6-10H2,(H,15,17);1H4;/q;-1;+1. The molecule has 2 N–H and O–H groups in total. The molecule has 0 saturated heterocycles. The zero-order chi connectivity index (χ0) is 12.6. The largest absolute Gasteiger partial charge is 1.00 e. The topological polar surface area (TPSA) is 58.6 Å². The fraction of sp³-hybridized carbons (Fsp3) is 0.500. The minimum atomic E-state index is -0.356. The van der Waals surface area contributed by atoms with Gasteiger partial charge < -0.3 is 15.2 Å². The molecule has 6 heteroatoms. The molecule has 0 atom stereocenters. The fourth-order valence-corrected chi connectivity index (χ4v) is 3.27. The first kappa shape index (κ1) is 17.6. The molecule has 3 aliphatic rings. The smallest absolute Gasteiger partial charge is 0.445 e. The van der Waals surface area contributed by atoms with E-state index in [1.807, 2.05) is 30.3 Å². The third kappa shape index (κ3) is 3.22. The number of benzene rings is 1. The maximum atomic E-state index is 11.6. The summed E-state index contributed by atoms with van der Waals surface area (Å²) in [6, 6.07) is 9.62. The third-order valence-electron chi connectivity index (χ3n) is 4.06. The van der Waals surface area contributed by atoms with Gasteiger partial charge in [0.25, 0.3) is 0 Å². The molecule has 0 heterocycles. The number of hydrogen-bond acceptors (Lipinski definition) is 3. The Labute approximate surface area is 143 Å². The van der Waals surface area contributed by atoms with E-state index in [2.05, 4.69) is 5.32 Å². The molecule has 0 aliphatic heterocycles. The van der Waals surface area contributed by atoms with Gasteiger partial charge in [-0.1, -0.05) is 38.7 Å². The molecule has 3 fully saturated rings. The Balaban J connectivity index is 0.000001000. The number of rotatable bonds is 4. The van der Waals surface area contributed by atoms with Gasteiger partial charge in [0.15, 0.2) is 0 Å². The van der Waals surface area contributed by atoms with Crippen molar-refractivity contribution in [1.29, 1.82) is 0 Å². The second-order valence-electron chi connectivity index (χ2n) is 5.66. The Morgan fingerprint density at radius 2 is 1.85 bits per heavy atom. The molecular weight excluding hydrogens is 264 g/mol. The third-order valence-corrected chi connectivity index (χ3v) is 4.06. The van der Waals surface area contributed by atoms with Crippen LogP contribution in [-0.4, -0.2) is 31.8 Å². The van der Waals surface area contributed by atoms with E-state index >= 15 is 0 Å². The summed E-state index contributed by atoms with van der Waals surface area (Å²) < 4.78 is 5.18. The Bertz CT molecular complexity index is 449. The first-order valence-electron chi connectivity index (χ1n) is 6.25. The number of ether oxygens (including phenoxy) is 1. The van der Waals surface area contributed by atoms with Gasteiger partial charge in [-0.05, 0) is 24.8 Å². The summed E-state index contributed by atoms with van der Waals surface area (Å²) in [4.78, 5) is 11.6. The molecule has 0 unspecified atom stereocenters. The molecule has 4 rings (SSSR count). The van der Waals surface area contributed by atoms with Crippen LogP contribution in [0.2, 0.25) is 0 Å². The van der Waals surface area contributed by atoms with Gasteiger partial charge in [0.05, 0.1) is 0 Å². The van der Waals surface area contributed by atoms with Crippen molar-refractivity contribution in [2.75, 3.05) is 6.61 Å². The molecule has 0 aromatic heterocycles. The van der Waals surface area contributed by atoms with Crippen LogP contribution >= 0.6 is 0 Å². The zero-order valence-electron chi connectivity index (χ0n) is 11.2. The predicted octanol–water partition coefficient (Wildman–Crippen LogP) is -2.62. The Morgan fingerprint density at radius 3 is 2.40 bits per heavy atom. The van der Waals surface area contributed by atoms with E-state index in [-0.39, 0.29) is 61.6 Å². The second-order valence-corrected chi connectivity index (χ2v) is 5.66.